The number of aliphatic imine (C=N–C) groups is 1. The van der Waals surface area contributed by atoms with E-state index >= 15 is 0 Å². The summed E-state index contributed by atoms with van der Waals surface area (Å²) in [7, 11) is 0. The number of aromatic nitrogens is 2. The number of amidine groups is 1. The molecule has 0 unspecified atom stereocenters. The standard InChI is InChI=1S/C13H12N4O3S/c18-10(15-13-14-5-6-21-13)7-17-12(20)9-4-2-1-3-8(9)11(19)16-17/h1-4H,5-7H2,(H,16,19)(H,14,15,18). The van der Waals surface area contributed by atoms with Crippen LogP contribution in [0.2, 0.25) is 0 Å². The highest BCUT2D eigenvalue weighted by atomic mass is 32.2. The molecule has 1 aromatic heterocycles. The Morgan fingerprint density at radius 2 is 2.10 bits per heavy atom. The molecule has 1 aromatic carbocycles. The predicted octanol–water partition coefficient (Wildman–Crippen LogP) is -0.0912. The molecule has 1 aliphatic heterocycles. The zero-order valence-corrected chi connectivity index (χ0v) is 11.8. The number of hydrogen-bond acceptors (Lipinski definition) is 5. The minimum absolute atomic E-state index is 0.252. The SMILES string of the molecule is O=C(Cn1[nH]c(=O)c2ccccc2c1=O)NC1=NCCS1. The molecule has 0 aliphatic carbocycles. The number of fused-ring (bicyclic) bond motifs is 1. The van der Waals surface area contributed by atoms with E-state index in [0.717, 1.165) is 10.4 Å². The van der Waals surface area contributed by atoms with Gasteiger partial charge in [-0.25, -0.2) is 4.68 Å². The van der Waals surface area contributed by atoms with E-state index in [-0.39, 0.29) is 6.54 Å². The number of hydrogen-bond donors (Lipinski definition) is 2. The normalized spacial score (nSPS) is 14.2. The number of nitrogens with zero attached hydrogens (tertiary/aromatic N) is 2. The highest BCUT2D eigenvalue weighted by molar-refractivity contribution is 8.14. The van der Waals surface area contributed by atoms with E-state index in [1.807, 2.05) is 0 Å². The first-order valence-corrected chi connectivity index (χ1v) is 7.32. The third-order valence-corrected chi connectivity index (χ3v) is 3.91. The summed E-state index contributed by atoms with van der Waals surface area (Å²) < 4.78 is 1.01. The van der Waals surface area contributed by atoms with Crippen molar-refractivity contribution < 1.29 is 4.79 Å². The van der Waals surface area contributed by atoms with Crippen LogP contribution in [-0.2, 0) is 11.3 Å². The number of carbonyl (C=O) groups is 1. The van der Waals surface area contributed by atoms with Gasteiger partial charge in [0.05, 0.1) is 17.3 Å². The van der Waals surface area contributed by atoms with Crippen molar-refractivity contribution in [2.45, 2.75) is 6.54 Å². The molecule has 108 valence electrons. The Kier molecular flexibility index (Phi) is 3.61. The number of H-pyrrole nitrogens is 1. The van der Waals surface area contributed by atoms with Gasteiger partial charge in [0.2, 0.25) is 5.91 Å². The van der Waals surface area contributed by atoms with Crippen molar-refractivity contribution in [1.29, 1.82) is 0 Å². The summed E-state index contributed by atoms with van der Waals surface area (Å²) in [5, 5.41) is 6.19. The Bertz CT molecular complexity index is 852. The Balaban J connectivity index is 1.90. The molecule has 2 N–H and O–H groups in total. The number of thioether (sulfide) groups is 1. The number of aromatic amines is 1. The average molecular weight is 304 g/mol. The first-order valence-electron chi connectivity index (χ1n) is 6.34. The Morgan fingerprint density at radius 1 is 1.33 bits per heavy atom. The number of rotatable bonds is 2. The van der Waals surface area contributed by atoms with E-state index in [9.17, 15) is 14.4 Å². The Labute approximate surface area is 123 Å². The van der Waals surface area contributed by atoms with Crippen LogP contribution in [0, 0.1) is 0 Å². The van der Waals surface area contributed by atoms with Crippen LogP contribution >= 0.6 is 11.8 Å². The summed E-state index contributed by atoms with van der Waals surface area (Å²) in [5.74, 6) is 0.443. The minimum Gasteiger partial charge on any atom is -0.304 e. The summed E-state index contributed by atoms with van der Waals surface area (Å²) in [6.07, 6.45) is 0. The van der Waals surface area contributed by atoms with Crippen molar-refractivity contribution in [3.8, 4) is 0 Å². The van der Waals surface area contributed by atoms with E-state index in [0.29, 0.717) is 22.5 Å². The van der Waals surface area contributed by atoms with E-state index in [1.165, 1.54) is 11.8 Å². The van der Waals surface area contributed by atoms with Gasteiger partial charge in [0.25, 0.3) is 11.1 Å². The van der Waals surface area contributed by atoms with Gasteiger partial charge in [-0.3, -0.25) is 24.5 Å². The lowest BCUT2D eigenvalue weighted by molar-refractivity contribution is -0.120. The molecule has 0 atom stereocenters. The van der Waals surface area contributed by atoms with Crippen LogP contribution in [0.1, 0.15) is 0 Å². The fourth-order valence-electron chi connectivity index (χ4n) is 2.07. The van der Waals surface area contributed by atoms with Crippen LogP contribution in [-0.4, -0.2) is 33.2 Å². The van der Waals surface area contributed by atoms with Crippen LogP contribution < -0.4 is 16.4 Å². The topological polar surface area (TPSA) is 96.3 Å². The number of carbonyl (C=O) groups excluding carboxylic acids is 1. The smallest absolute Gasteiger partial charge is 0.273 e. The van der Waals surface area contributed by atoms with E-state index in [1.54, 1.807) is 24.3 Å². The first-order chi connectivity index (χ1) is 10.1. The van der Waals surface area contributed by atoms with Gasteiger partial charge in [-0.05, 0) is 12.1 Å². The quantitative estimate of drug-likeness (QED) is 0.810. The molecule has 0 saturated heterocycles. The molecule has 1 amide bonds. The van der Waals surface area contributed by atoms with Crippen molar-refractivity contribution in [2.75, 3.05) is 12.3 Å². The van der Waals surface area contributed by atoms with Crippen molar-refractivity contribution in [2.24, 2.45) is 4.99 Å². The fraction of sp³-hybridized carbons (Fsp3) is 0.231. The van der Waals surface area contributed by atoms with Gasteiger partial charge in [-0.2, -0.15) is 0 Å². The Morgan fingerprint density at radius 3 is 2.81 bits per heavy atom. The van der Waals surface area contributed by atoms with Gasteiger partial charge in [-0.1, -0.05) is 23.9 Å². The molecule has 2 heterocycles. The van der Waals surface area contributed by atoms with Gasteiger partial charge in [0.15, 0.2) is 5.17 Å². The zero-order chi connectivity index (χ0) is 14.8. The monoisotopic (exact) mass is 304 g/mol. The lowest BCUT2D eigenvalue weighted by Crippen LogP contribution is -2.37. The molecule has 0 bridgehead atoms. The maximum Gasteiger partial charge on any atom is 0.273 e. The molecule has 2 aromatic rings. The van der Waals surface area contributed by atoms with Gasteiger partial charge in [0.1, 0.15) is 6.54 Å². The van der Waals surface area contributed by atoms with Crippen LogP contribution in [0.15, 0.2) is 38.8 Å². The summed E-state index contributed by atoms with van der Waals surface area (Å²) >= 11 is 1.45. The van der Waals surface area contributed by atoms with Crippen molar-refractivity contribution in [3.63, 3.8) is 0 Å². The van der Waals surface area contributed by atoms with Crippen LogP contribution in [0.25, 0.3) is 10.8 Å². The maximum absolute atomic E-state index is 12.2. The third kappa shape index (κ3) is 2.75. The predicted molar refractivity (Wildman–Crippen MR) is 81.7 cm³/mol. The molecular weight excluding hydrogens is 292 g/mol. The van der Waals surface area contributed by atoms with Crippen molar-refractivity contribution in [3.05, 3.63) is 45.0 Å². The van der Waals surface area contributed by atoms with E-state index < -0.39 is 17.0 Å². The second-order valence-corrected chi connectivity index (χ2v) is 5.54. The molecule has 8 heteroatoms. The molecular formula is C13H12N4O3S. The number of nitrogens with one attached hydrogen (secondary N) is 2. The van der Waals surface area contributed by atoms with Crippen LogP contribution in [0.3, 0.4) is 0 Å². The highest BCUT2D eigenvalue weighted by Crippen LogP contribution is 2.08. The maximum atomic E-state index is 12.2. The third-order valence-electron chi connectivity index (χ3n) is 3.02. The van der Waals surface area contributed by atoms with Crippen molar-refractivity contribution >= 4 is 33.6 Å². The number of benzene rings is 1. The summed E-state index contributed by atoms with van der Waals surface area (Å²) in [4.78, 5) is 40.1. The Hall–Kier alpha value is -2.35. The largest absolute Gasteiger partial charge is 0.304 e. The average Bonchev–Trinajstić information content (AvgIpc) is 2.97. The molecule has 0 spiro atoms. The first kappa shape index (κ1) is 13.6. The molecule has 0 saturated carbocycles. The minimum atomic E-state index is -0.402. The summed E-state index contributed by atoms with van der Waals surface area (Å²) in [6, 6.07) is 6.50. The zero-order valence-electron chi connectivity index (χ0n) is 11.0. The number of amides is 1. The summed E-state index contributed by atoms with van der Waals surface area (Å²) in [6.45, 7) is 0.422. The highest BCUT2D eigenvalue weighted by Gasteiger charge is 2.13. The van der Waals surface area contributed by atoms with Gasteiger partial charge in [-0.15, -0.1) is 0 Å². The van der Waals surface area contributed by atoms with Crippen LogP contribution in [0.4, 0.5) is 0 Å². The molecule has 3 rings (SSSR count). The lowest BCUT2D eigenvalue weighted by atomic mass is 10.2. The van der Waals surface area contributed by atoms with Gasteiger partial charge < -0.3 is 5.32 Å². The van der Waals surface area contributed by atoms with Crippen LogP contribution in [0.5, 0.6) is 0 Å². The van der Waals surface area contributed by atoms with Gasteiger partial charge in [0, 0.05) is 5.75 Å². The fourth-order valence-corrected chi connectivity index (χ4v) is 2.82. The molecule has 1 aliphatic rings. The molecule has 7 nitrogen and oxygen atoms in total. The molecule has 0 fully saturated rings. The van der Waals surface area contributed by atoms with Crippen molar-refractivity contribution in [1.82, 2.24) is 15.1 Å². The summed E-state index contributed by atoms with van der Waals surface area (Å²) in [5.41, 5.74) is -0.799. The second-order valence-electron chi connectivity index (χ2n) is 4.46. The molecule has 21 heavy (non-hydrogen) atoms. The van der Waals surface area contributed by atoms with E-state index in [4.69, 9.17) is 0 Å². The van der Waals surface area contributed by atoms with Gasteiger partial charge >= 0.3 is 0 Å². The molecule has 0 radical (unpaired) electrons. The second kappa shape index (κ2) is 5.57. The van der Waals surface area contributed by atoms with E-state index in [2.05, 4.69) is 15.4 Å². The lowest BCUT2D eigenvalue weighted by Gasteiger charge is -2.07.